The highest BCUT2D eigenvalue weighted by Crippen LogP contribution is 2.40. The molecule has 0 amide bonds. The van der Waals surface area contributed by atoms with E-state index < -0.39 is 0 Å². The zero-order chi connectivity index (χ0) is 14.3. The molecular formula is C16H24N2O2. The van der Waals surface area contributed by atoms with Crippen molar-refractivity contribution in [1.82, 2.24) is 4.90 Å². The van der Waals surface area contributed by atoms with E-state index in [2.05, 4.69) is 11.8 Å². The van der Waals surface area contributed by atoms with Crippen LogP contribution in [0.15, 0.2) is 18.2 Å². The number of rotatable bonds is 2. The molecule has 2 fully saturated rings. The van der Waals surface area contributed by atoms with Gasteiger partial charge in [0.1, 0.15) is 11.5 Å². The summed E-state index contributed by atoms with van der Waals surface area (Å²) in [6.07, 6.45) is 3.67. The van der Waals surface area contributed by atoms with E-state index in [9.17, 15) is 10.2 Å². The minimum absolute atomic E-state index is 0.107. The zero-order valence-electron chi connectivity index (χ0n) is 12.0. The van der Waals surface area contributed by atoms with Gasteiger partial charge in [-0.3, -0.25) is 4.90 Å². The molecule has 0 spiro atoms. The van der Waals surface area contributed by atoms with E-state index >= 15 is 0 Å². The lowest BCUT2D eigenvalue weighted by Gasteiger charge is -2.30. The molecule has 1 aliphatic carbocycles. The Balaban J connectivity index is 1.76. The first-order valence-corrected chi connectivity index (χ1v) is 7.57. The number of aromatic hydroxyl groups is 2. The lowest BCUT2D eigenvalue weighted by atomic mass is 9.78. The molecule has 4 heteroatoms. The third-order valence-electron chi connectivity index (χ3n) is 5.19. The lowest BCUT2D eigenvalue weighted by molar-refractivity contribution is 0.241. The predicted molar refractivity (Wildman–Crippen MR) is 78.6 cm³/mol. The number of fused-ring (bicyclic) bond motifs is 1. The van der Waals surface area contributed by atoms with Crippen LogP contribution >= 0.6 is 0 Å². The van der Waals surface area contributed by atoms with Gasteiger partial charge in [0, 0.05) is 36.8 Å². The molecule has 4 N–H and O–H groups in total. The van der Waals surface area contributed by atoms with E-state index in [1.54, 1.807) is 6.07 Å². The van der Waals surface area contributed by atoms with Crippen LogP contribution in [-0.2, 0) is 0 Å². The van der Waals surface area contributed by atoms with Crippen LogP contribution in [0.25, 0.3) is 0 Å². The molecule has 1 saturated carbocycles. The number of nitrogens with two attached hydrogens (primary N) is 1. The van der Waals surface area contributed by atoms with Crippen LogP contribution in [-0.4, -0.2) is 34.2 Å². The SMILES string of the molecule is CC(c1ccc(O)cc1O)N1CC2CCCC(N)C2C1. The van der Waals surface area contributed by atoms with Gasteiger partial charge in [0.2, 0.25) is 0 Å². The Morgan fingerprint density at radius 2 is 2.05 bits per heavy atom. The van der Waals surface area contributed by atoms with Gasteiger partial charge in [-0.15, -0.1) is 0 Å². The van der Waals surface area contributed by atoms with E-state index in [1.807, 2.05) is 6.07 Å². The van der Waals surface area contributed by atoms with E-state index in [0.29, 0.717) is 17.9 Å². The van der Waals surface area contributed by atoms with Crippen molar-refractivity contribution in [3.05, 3.63) is 23.8 Å². The quantitative estimate of drug-likeness (QED) is 0.774. The third-order valence-corrected chi connectivity index (χ3v) is 5.19. The Kier molecular flexibility index (Phi) is 3.61. The fraction of sp³-hybridized carbons (Fsp3) is 0.625. The van der Waals surface area contributed by atoms with Crippen molar-refractivity contribution in [2.45, 2.75) is 38.3 Å². The minimum atomic E-state index is 0.107. The summed E-state index contributed by atoms with van der Waals surface area (Å²) in [7, 11) is 0. The highest BCUT2D eigenvalue weighted by molar-refractivity contribution is 5.40. The normalized spacial score (nSPS) is 32.0. The van der Waals surface area contributed by atoms with Crippen molar-refractivity contribution < 1.29 is 10.2 Å². The van der Waals surface area contributed by atoms with Crippen molar-refractivity contribution in [2.24, 2.45) is 17.6 Å². The highest BCUT2D eigenvalue weighted by atomic mass is 16.3. The van der Waals surface area contributed by atoms with Gasteiger partial charge in [0.25, 0.3) is 0 Å². The average molecular weight is 276 g/mol. The van der Waals surface area contributed by atoms with Crippen LogP contribution in [0.2, 0.25) is 0 Å². The second-order valence-electron chi connectivity index (χ2n) is 6.39. The summed E-state index contributed by atoms with van der Waals surface area (Å²) in [5.41, 5.74) is 7.15. The highest BCUT2D eigenvalue weighted by Gasteiger charge is 2.40. The van der Waals surface area contributed by atoms with Crippen LogP contribution in [0.5, 0.6) is 11.5 Å². The third kappa shape index (κ3) is 2.38. The molecule has 2 aliphatic rings. The second kappa shape index (κ2) is 5.26. The first-order valence-electron chi connectivity index (χ1n) is 7.57. The molecule has 0 aromatic heterocycles. The zero-order valence-corrected chi connectivity index (χ0v) is 12.0. The number of phenolic OH excluding ortho intramolecular Hbond substituents is 2. The molecule has 1 aromatic carbocycles. The Hall–Kier alpha value is -1.26. The maximum Gasteiger partial charge on any atom is 0.124 e. The first-order chi connectivity index (χ1) is 9.56. The van der Waals surface area contributed by atoms with Crippen molar-refractivity contribution in [3.8, 4) is 11.5 Å². The lowest BCUT2D eigenvalue weighted by Crippen LogP contribution is -2.38. The molecule has 4 atom stereocenters. The van der Waals surface area contributed by atoms with Gasteiger partial charge in [-0.05, 0) is 37.7 Å². The molecule has 0 bridgehead atoms. The number of likely N-dealkylation sites (tertiary alicyclic amines) is 1. The Bertz CT molecular complexity index is 491. The van der Waals surface area contributed by atoms with Gasteiger partial charge in [0.15, 0.2) is 0 Å². The van der Waals surface area contributed by atoms with Crippen LogP contribution in [0.1, 0.15) is 37.8 Å². The molecule has 1 aliphatic heterocycles. The molecule has 4 unspecified atom stereocenters. The summed E-state index contributed by atoms with van der Waals surface area (Å²) in [4.78, 5) is 2.42. The predicted octanol–water partition coefficient (Wildman–Crippen LogP) is 2.22. The Morgan fingerprint density at radius 3 is 2.75 bits per heavy atom. The second-order valence-corrected chi connectivity index (χ2v) is 6.39. The number of benzene rings is 1. The maximum atomic E-state index is 10.0. The topological polar surface area (TPSA) is 69.7 Å². The van der Waals surface area contributed by atoms with Crippen LogP contribution in [0.3, 0.4) is 0 Å². The van der Waals surface area contributed by atoms with Crippen molar-refractivity contribution >= 4 is 0 Å². The van der Waals surface area contributed by atoms with Crippen molar-refractivity contribution in [2.75, 3.05) is 13.1 Å². The van der Waals surface area contributed by atoms with Gasteiger partial charge in [-0.1, -0.05) is 12.5 Å². The van der Waals surface area contributed by atoms with Crippen molar-refractivity contribution in [3.63, 3.8) is 0 Å². The van der Waals surface area contributed by atoms with Gasteiger partial charge in [-0.2, -0.15) is 0 Å². The summed E-state index contributed by atoms with van der Waals surface area (Å²) >= 11 is 0. The standard InChI is InChI=1S/C16H24N2O2/c1-10(13-6-5-12(19)7-16(13)20)18-8-11-3-2-4-15(17)14(11)9-18/h5-7,10-11,14-15,19-20H,2-4,8-9,17H2,1H3. The number of nitrogens with zero attached hydrogens (tertiary/aromatic N) is 1. The fourth-order valence-corrected chi connectivity index (χ4v) is 3.95. The largest absolute Gasteiger partial charge is 0.508 e. The average Bonchev–Trinajstić information content (AvgIpc) is 2.83. The van der Waals surface area contributed by atoms with E-state index in [0.717, 1.165) is 25.1 Å². The van der Waals surface area contributed by atoms with Gasteiger partial charge in [-0.25, -0.2) is 0 Å². The van der Waals surface area contributed by atoms with Gasteiger partial charge < -0.3 is 15.9 Å². The first kappa shape index (κ1) is 13.7. The van der Waals surface area contributed by atoms with Gasteiger partial charge >= 0.3 is 0 Å². The van der Waals surface area contributed by atoms with Crippen LogP contribution in [0.4, 0.5) is 0 Å². The van der Waals surface area contributed by atoms with Crippen molar-refractivity contribution in [1.29, 1.82) is 0 Å². The van der Waals surface area contributed by atoms with Gasteiger partial charge in [0.05, 0.1) is 0 Å². The fourth-order valence-electron chi connectivity index (χ4n) is 3.95. The van der Waals surface area contributed by atoms with Crippen LogP contribution in [0, 0.1) is 11.8 Å². The Morgan fingerprint density at radius 1 is 1.25 bits per heavy atom. The number of hydrogen-bond donors (Lipinski definition) is 3. The molecule has 1 aromatic rings. The molecule has 4 nitrogen and oxygen atoms in total. The summed E-state index contributed by atoms with van der Waals surface area (Å²) in [6, 6.07) is 5.37. The molecule has 20 heavy (non-hydrogen) atoms. The molecule has 110 valence electrons. The maximum absolute atomic E-state index is 10.0. The minimum Gasteiger partial charge on any atom is -0.508 e. The number of hydrogen-bond acceptors (Lipinski definition) is 4. The molecule has 1 heterocycles. The molecular weight excluding hydrogens is 252 g/mol. The summed E-state index contributed by atoms with van der Waals surface area (Å²) in [5.74, 6) is 1.60. The monoisotopic (exact) mass is 276 g/mol. The van der Waals surface area contributed by atoms with Crippen LogP contribution < -0.4 is 5.73 Å². The molecule has 0 radical (unpaired) electrons. The molecule has 3 rings (SSSR count). The van der Waals surface area contributed by atoms with E-state index in [-0.39, 0.29) is 17.5 Å². The summed E-state index contributed by atoms with van der Waals surface area (Å²) in [6.45, 7) is 4.21. The van der Waals surface area contributed by atoms with E-state index in [4.69, 9.17) is 5.73 Å². The van der Waals surface area contributed by atoms with E-state index in [1.165, 1.54) is 18.9 Å². The summed E-state index contributed by atoms with van der Waals surface area (Å²) in [5, 5.41) is 19.4. The Labute approximate surface area is 120 Å². The summed E-state index contributed by atoms with van der Waals surface area (Å²) < 4.78 is 0. The number of phenols is 2. The molecule has 1 saturated heterocycles. The smallest absolute Gasteiger partial charge is 0.124 e.